The molecule has 18 heavy (non-hydrogen) atoms. The van der Waals surface area contributed by atoms with Gasteiger partial charge in [-0.05, 0) is 12.5 Å². The molecule has 2 atom stereocenters. The Labute approximate surface area is 110 Å². The van der Waals surface area contributed by atoms with Gasteiger partial charge in [0.15, 0.2) is 0 Å². The molecule has 0 radical (unpaired) electrons. The lowest BCUT2D eigenvalue weighted by Gasteiger charge is -2.40. The van der Waals surface area contributed by atoms with E-state index in [2.05, 4.69) is 42.6 Å². The summed E-state index contributed by atoms with van der Waals surface area (Å²) in [5, 5.41) is 2.66. The van der Waals surface area contributed by atoms with Crippen LogP contribution in [0.25, 0.3) is 0 Å². The highest BCUT2D eigenvalue weighted by Crippen LogP contribution is 2.15. The summed E-state index contributed by atoms with van der Waals surface area (Å²) in [6.45, 7) is 6.66. The maximum atomic E-state index is 2.66. The van der Waals surface area contributed by atoms with Gasteiger partial charge >= 0.3 is 0 Å². The Morgan fingerprint density at radius 1 is 1.22 bits per heavy atom. The van der Waals surface area contributed by atoms with E-state index in [1.807, 2.05) is 4.90 Å². The fourth-order valence-corrected chi connectivity index (χ4v) is 3.88. The molecule has 4 rings (SSSR count). The molecule has 3 aliphatic heterocycles. The third-order valence-electron chi connectivity index (χ3n) is 4.84. The Hall–Kier alpha value is -0.860. The zero-order chi connectivity index (χ0) is 12.4. The largest absolute Gasteiger partial charge is 0.336 e. The lowest BCUT2D eigenvalue weighted by molar-refractivity contribution is -0.944. The molecule has 3 saturated heterocycles. The monoisotopic (exact) mass is 246 g/mol. The molecule has 2 bridgehead atoms. The van der Waals surface area contributed by atoms with Crippen LogP contribution in [0.1, 0.15) is 25.3 Å². The number of fused-ring (bicyclic) bond motifs is 3. The molecule has 0 unspecified atom stereocenters. The van der Waals surface area contributed by atoms with Crippen molar-refractivity contribution in [3.63, 3.8) is 0 Å². The lowest BCUT2D eigenvalue weighted by atomic mass is 9.83. The average molecular weight is 246 g/mol. The molecule has 98 valence electrons. The fraction of sp³-hybridized carbons (Fsp3) is 0.625. The van der Waals surface area contributed by atoms with Crippen molar-refractivity contribution in [2.45, 2.75) is 38.3 Å². The van der Waals surface area contributed by atoms with E-state index in [-0.39, 0.29) is 0 Å². The van der Waals surface area contributed by atoms with Crippen molar-refractivity contribution in [3.05, 3.63) is 35.9 Å². The summed E-state index contributed by atoms with van der Waals surface area (Å²) in [6.07, 6.45) is 4.14. The van der Waals surface area contributed by atoms with Crippen molar-refractivity contribution >= 4 is 0 Å². The van der Waals surface area contributed by atoms with Gasteiger partial charge in [-0.25, -0.2) is 0 Å². The Kier molecular flexibility index (Phi) is 3.67. The lowest BCUT2D eigenvalue weighted by Crippen LogP contribution is -3.21. The highest BCUT2D eigenvalue weighted by atomic mass is 15.2. The molecule has 2 nitrogen and oxygen atoms in total. The van der Waals surface area contributed by atoms with Crippen LogP contribution in [0.15, 0.2) is 30.3 Å². The number of nitrogens with two attached hydrogens (primary N) is 1. The van der Waals surface area contributed by atoms with Gasteiger partial charge in [0.1, 0.15) is 12.6 Å². The van der Waals surface area contributed by atoms with E-state index < -0.39 is 0 Å². The van der Waals surface area contributed by atoms with E-state index in [4.69, 9.17) is 0 Å². The summed E-state index contributed by atoms with van der Waals surface area (Å²) in [7, 11) is 0. The number of quaternary nitrogens is 2. The first-order valence-electron chi connectivity index (χ1n) is 7.54. The molecule has 0 saturated carbocycles. The third-order valence-corrected chi connectivity index (χ3v) is 4.84. The van der Waals surface area contributed by atoms with Crippen LogP contribution >= 0.6 is 0 Å². The molecule has 3 fully saturated rings. The first-order valence-corrected chi connectivity index (χ1v) is 7.54. The van der Waals surface area contributed by atoms with Gasteiger partial charge in [-0.1, -0.05) is 30.3 Å². The Balaban J connectivity index is 1.53. The van der Waals surface area contributed by atoms with Crippen molar-refractivity contribution in [2.75, 3.05) is 19.6 Å². The predicted molar refractivity (Wildman–Crippen MR) is 73.6 cm³/mol. The molecular formula is C16H26N2+2. The van der Waals surface area contributed by atoms with Gasteiger partial charge in [-0.3, -0.25) is 0 Å². The normalized spacial score (nSPS) is 32.4. The Morgan fingerprint density at radius 2 is 1.94 bits per heavy atom. The van der Waals surface area contributed by atoms with Crippen LogP contribution in [-0.4, -0.2) is 31.7 Å². The first kappa shape index (κ1) is 12.2. The standard InChI is InChI=1S/C16H24N2/c1-13(11-14-5-3-2-4-6-14)17-16-12-18-9-7-15(16)8-10-18/h2-6,13,15-17H,7-12H2,1H3/p+2/t13-,16+/m1/s1. The van der Waals surface area contributed by atoms with Crippen LogP contribution in [0.3, 0.4) is 0 Å². The number of hydrogen-bond donors (Lipinski definition) is 2. The first-order chi connectivity index (χ1) is 8.81. The molecule has 0 aliphatic carbocycles. The molecule has 2 heteroatoms. The molecule has 0 spiro atoms. The second kappa shape index (κ2) is 5.41. The van der Waals surface area contributed by atoms with Crippen LogP contribution in [0.2, 0.25) is 0 Å². The molecule has 1 aromatic rings. The predicted octanol–water partition coefficient (Wildman–Crippen LogP) is -0.142. The Morgan fingerprint density at radius 3 is 2.56 bits per heavy atom. The van der Waals surface area contributed by atoms with Crippen molar-refractivity contribution in [2.24, 2.45) is 5.92 Å². The second-order valence-corrected chi connectivity index (χ2v) is 6.31. The minimum Gasteiger partial charge on any atom is -0.336 e. The van der Waals surface area contributed by atoms with Crippen molar-refractivity contribution in [1.29, 1.82) is 0 Å². The SMILES string of the molecule is C[C@H](Cc1ccccc1)[NH2+][C@H]1C[NH+]2CCC1CC2. The maximum Gasteiger partial charge on any atom is 0.139 e. The van der Waals surface area contributed by atoms with Crippen LogP contribution in [-0.2, 0) is 6.42 Å². The maximum absolute atomic E-state index is 2.66. The Bertz CT molecular complexity index is 368. The summed E-state index contributed by atoms with van der Waals surface area (Å²) in [4.78, 5) is 1.85. The summed E-state index contributed by atoms with van der Waals surface area (Å²) in [6, 6.07) is 12.5. The van der Waals surface area contributed by atoms with Crippen molar-refractivity contribution < 1.29 is 10.2 Å². The highest BCUT2D eigenvalue weighted by molar-refractivity contribution is 5.15. The zero-order valence-electron chi connectivity index (χ0n) is 11.4. The molecule has 1 aromatic carbocycles. The average Bonchev–Trinajstić information content (AvgIpc) is 2.41. The van der Waals surface area contributed by atoms with Gasteiger partial charge in [0.05, 0.1) is 19.1 Å². The van der Waals surface area contributed by atoms with E-state index in [0.29, 0.717) is 0 Å². The van der Waals surface area contributed by atoms with E-state index in [1.165, 1.54) is 44.5 Å². The van der Waals surface area contributed by atoms with Crippen LogP contribution < -0.4 is 10.2 Å². The van der Waals surface area contributed by atoms with Gasteiger partial charge < -0.3 is 10.2 Å². The van der Waals surface area contributed by atoms with Gasteiger partial charge in [0, 0.05) is 25.2 Å². The van der Waals surface area contributed by atoms with Crippen LogP contribution in [0.4, 0.5) is 0 Å². The van der Waals surface area contributed by atoms with Crippen LogP contribution in [0, 0.1) is 5.92 Å². The van der Waals surface area contributed by atoms with E-state index in [0.717, 1.165) is 18.0 Å². The number of rotatable bonds is 4. The smallest absolute Gasteiger partial charge is 0.139 e. The van der Waals surface area contributed by atoms with E-state index >= 15 is 0 Å². The molecule has 3 N–H and O–H groups in total. The summed E-state index contributed by atoms with van der Waals surface area (Å²) in [5.41, 5.74) is 1.48. The van der Waals surface area contributed by atoms with E-state index in [1.54, 1.807) is 0 Å². The van der Waals surface area contributed by atoms with Gasteiger partial charge in [0.25, 0.3) is 0 Å². The van der Waals surface area contributed by atoms with Gasteiger partial charge in [-0.15, -0.1) is 0 Å². The summed E-state index contributed by atoms with van der Waals surface area (Å²) in [5.74, 6) is 1.00. The number of piperidine rings is 3. The molecular weight excluding hydrogens is 220 g/mol. The second-order valence-electron chi connectivity index (χ2n) is 6.31. The van der Waals surface area contributed by atoms with Crippen LogP contribution in [0.5, 0.6) is 0 Å². The molecule has 0 amide bonds. The van der Waals surface area contributed by atoms with Gasteiger partial charge in [0.2, 0.25) is 0 Å². The number of benzene rings is 1. The van der Waals surface area contributed by atoms with Crippen molar-refractivity contribution in [3.8, 4) is 0 Å². The minimum absolute atomic E-state index is 0.720. The quantitative estimate of drug-likeness (QED) is 0.738. The number of nitrogens with one attached hydrogen (secondary N) is 1. The summed E-state index contributed by atoms with van der Waals surface area (Å²) < 4.78 is 0. The van der Waals surface area contributed by atoms with Gasteiger partial charge in [-0.2, -0.15) is 0 Å². The molecule has 3 aliphatic rings. The van der Waals surface area contributed by atoms with E-state index in [9.17, 15) is 0 Å². The summed E-state index contributed by atoms with van der Waals surface area (Å²) >= 11 is 0. The third kappa shape index (κ3) is 2.76. The molecule has 0 aromatic heterocycles. The minimum atomic E-state index is 0.720. The highest BCUT2D eigenvalue weighted by Gasteiger charge is 2.40. The topological polar surface area (TPSA) is 21.1 Å². The fourth-order valence-electron chi connectivity index (χ4n) is 3.88. The van der Waals surface area contributed by atoms with Crippen molar-refractivity contribution in [1.82, 2.24) is 0 Å². The zero-order valence-corrected chi connectivity index (χ0v) is 11.4. The molecule has 3 heterocycles. The number of hydrogen-bond acceptors (Lipinski definition) is 0.